The fourth-order valence-corrected chi connectivity index (χ4v) is 2.07. The zero-order valence-corrected chi connectivity index (χ0v) is 14.2. The molecular formula is C16H21F3N2O4. The molecule has 9 heteroatoms. The Labute approximate surface area is 143 Å². The minimum absolute atomic E-state index is 0.229. The third-order valence-corrected chi connectivity index (χ3v) is 3.39. The van der Waals surface area contributed by atoms with Crippen LogP contribution in [0.2, 0.25) is 0 Å². The average molecular weight is 362 g/mol. The van der Waals surface area contributed by atoms with Crippen molar-refractivity contribution in [3.05, 3.63) is 29.8 Å². The van der Waals surface area contributed by atoms with Gasteiger partial charge in [-0.25, -0.2) is 4.79 Å². The predicted octanol–water partition coefficient (Wildman–Crippen LogP) is 2.13. The zero-order chi connectivity index (χ0) is 19.1. The third-order valence-electron chi connectivity index (χ3n) is 3.39. The Hall–Kier alpha value is -2.29. The number of esters is 1. The highest BCUT2D eigenvalue weighted by Crippen LogP contribution is 2.31. The van der Waals surface area contributed by atoms with Crippen molar-refractivity contribution in [3.63, 3.8) is 0 Å². The molecule has 0 aromatic heterocycles. The molecule has 0 fully saturated rings. The van der Waals surface area contributed by atoms with Gasteiger partial charge in [0.25, 0.3) is 5.66 Å². The Morgan fingerprint density at radius 3 is 2.32 bits per heavy atom. The Bertz CT molecular complexity index is 607. The number of rotatable bonds is 8. The van der Waals surface area contributed by atoms with Crippen molar-refractivity contribution in [2.24, 2.45) is 0 Å². The molecule has 0 saturated heterocycles. The SMILES string of the molecule is CCOC(=O)C(NCc1ccccc1OC)(NC(=O)CC)C(F)(F)F. The van der Waals surface area contributed by atoms with Crippen molar-refractivity contribution in [2.45, 2.75) is 38.7 Å². The molecule has 1 rings (SSSR count). The number of para-hydroxylation sites is 1. The number of hydrogen-bond donors (Lipinski definition) is 2. The summed E-state index contributed by atoms with van der Waals surface area (Å²) in [6, 6.07) is 6.38. The summed E-state index contributed by atoms with van der Waals surface area (Å²) in [5, 5.41) is 3.82. The van der Waals surface area contributed by atoms with E-state index < -0.39 is 23.7 Å². The molecule has 1 aromatic rings. The Balaban J connectivity index is 3.23. The first-order valence-corrected chi connectivity index (χ1v) is 7.63. The summed E-state index contributed by atoms with van der Waals surface area (Å²) in [4.78, 5) is 23.7. The van der Waals surface area contributed by atoms with Gasteiger partial charge in [0, 0.05) is 18.5 Å². The van der Waals surface area contributed by atoms with E-state index in [1.54, 1.807) is 29.6 Å². The first-order chi connectivity index (χ1) is 11.7. The highest BCUT2D eigenvalue weighted by atomic mass is 19.4. The molecule has 25 heavy (non-hydrogen) atoms. The smallest absolute Gasteiger partial charge is 0.436 e. The molecule has 140 valence electrons. The van der Waals surface area contributed by atoms with Gasteiger partial charge in [-0.15, -0.1) is 0 Å². The molecule has 0 bridgehead atoms. The van der Waals surface area contributed by atoms with Crippen molar-refractivity contribution < 1.29 is 32.2 Å². The largest absolute Gasteiger partial charge is 0.496 e. The molecule has 1 unspecified atom stereocenters. The second-order valence-corrected chi connectivity index (χ2v) is 5.04. The van der Waals surface area contributed by atoms with Gasteiger partial charge in [-0.3, -0.25) is 10.1 Å². The number of alkyl halides is 3. The van der Waals surface area contributed by atoms with Gasteiger partial charge in [0.15, 0.2) is 0 Å². The van der Waals surface area contributed by atoms with Crippen LogP contribution in [0.3, 0.4) is 0 Å². The normalized spacial score (nSPS) is 13.7. The molecule has 0 saturated carbocycles. The molecule has 0 aliphatic carbocycles. The average Bonchev–Trinajstić information content (AvgIpc) is 2.57. The molecule has 1 atom stereocenters. The second-order valence-electron chi connectivity index (χ2n) is 5.04. The Morgan fingerprint density at radius 2 is 1.80 bits per heavy atom. The maximum Gasteiger partial charge on any atom is 0.436 e. The monoisotopic (exact) mass is 362 g/mol. The van der Waals surface area contributed by atoms with Gasteiger partial charge in [-0.2, -0.15) is 13.2 Å². The topological polar surface area (TPSA) is 76.7 Å². The summed E-state index contributed by atoms with van der Waals surface area (Å²) in [5.74, 6) is -2.23. The minimum atomic E-state index is -5.12. The van der Waals surface area contributed by atoms with E-state index >= 15 is 0 Å². The molecule has 0 aliphatic rings. The van der Waals surface area contributed by atoms with E-state index in [2.05, 4.69) is 10.1 Å². The fourth-order valence-electron chi connectivity index (χ4n) is 2.07. The van der Waals surface area contributed by atoms with E-state index in [0.29, 0.717) is 11.3 Å². The number of carbonyl (C=O) groups is 2. The number of ether oxygens (including phenoxy) is 2. The lowest BCUT2D eigenvalue weighted by molar-refractivity contribution is -0.222. The molecule has 6 nitrogen and oxygen atoms in total. The van der Waals surface area contributed by atoms with Crippen LogP contribution in [0.25, 0.3) is 0 Å². The second kappa shape index (κ2) is 8.70. The lowest BCUT2D eigenvalue weighted by Crippen LogP contribution is -2.72. The highest BCUT2D eigenvalue weighted by Gasteiger charge is 2.62. The van der Waals surface area contributed by atoms with Gasteiger partial charge in [-0.1, -0.05) is 25.1 Å². The number of benzene rings is 1. The molecule has 0 heterocycles. The van der Waals surface area contributed by atoms with E-state index in [-0.39, 0.29) is 19.6 Å². The van der Waals surface area contributed by atoms with Crippen LogP contribution in [0.5, 0.6) is 5.75 Å². The van der Waals surface area contributed by atoms with Gasteiger partial charge in [0.1, 0.15) is 5.75 Å². The molecule has 1 amide bonds. The van der Waals surface area contributed by atoms with Crippen LogP contribution >= 0.6 is 0 Å². The van der Waals surface area contributed by atoms with Crippen LogP contribution in [0, 0.1) is 0 Å². The predicted molar refractivity (Wildman–Crippen MR) is 83.7 cm³/mol. The van der Waals surface area contributed by atoms with Crippen LogP contribution in [0.15, 0.2) is 24.3 Å². The van der Waals surface area contributed by atoms with Gasteiger partial charge >= 0.3 is 12.1 Å². The number of methoxy groups -OCH3 is 1. The van der Waals surface area contributed by atoms with Gasteiger partial charge in [0.2, 0.25) is 5.91 Å². The van der Waals surface area contributed by atoms with Crippen molar-refractivity contribution in [1.82, 2.24) is 10.6 Å². The Morgan fingerprint density at radius 1 is 1.16 bits per heavy atom. The standard InChI is InChI=1S/C16H21F3N2O4/c1-4-13(22)21-15(16(17,18)19,14(23)25-5-2)20-10-11-8-6-7-9-12(11)24-3/h6-9,20H,4-5,10H2,1-3H3,(H,21,22). The van der Waals surface area contributed by atoms with Crippen molar-refractivity contribution in [3.8, 4) is 5.75 Å². The van der Waals surface area contributed by atoms with E-state index in [1.807, 2.05) is 0 Å². The van der Waals surface area contributed by atoms with Crippen LogP contribution in [0.4, 0.5) is 13.2 Å². The van der Waals surface area contributed by atoms with Crippen LogP contribution in [-0.2, 0) is 20.9 Å². The molecule has 2 N–H and O–H groups in total. The number of carbonyl (C=O) groups excluding carboxylic acids is 2. The maximum absolute atomic E-state index is 13.7. The first kappa shape index (κ1) is 20.8. The van der Waals surface area contributed by atoms with Gasteiger partial charge in [0.05, 0.1) is 13.7 Å². The lowest BCUT2D eigenvalue weighted by Gasteiger charge is -2.34. The summed E-state index contributed by atoms with van der Waals surface area (Å²) < 4.78 is 50.8. The van der Waals surface area contributed by atoms with E-state index in [9.17, 15) is 22.8 Å². The van der Waals surface area contributed by atoms with Gasteiger partial charge in [-0.05, 0) is 13.0 Å². The van der Waals surface area contributed by atoms with Crippen molar-refractivity contribution in [1.29, 1.82) is 0 Å². The van der Waals surface area contributed by atoms with Crippen LogP contribution in [0.1, 0.15) is 25.8 Å². The van der Waals surface area contributed by atoms with Crippen LogP contribution in [-0.4, -0.2) is 37.4 Å². The summed E-state index contributed by atoms with van der Waals surface area (Å²) >= 11 is 0. The fraction of sp³-hybridized carbons (Fsp3) is 0.500. The Kier molecular flexibility index (Phi) is 7.22. The zero-order valence-electron chi connectivity index (χ0n) is 14.2. The highest BCUT2D eigenvalue weighted by molar-refractivity contribution is 5.88. The maximum atomic E-state index is 13.7. The van der Waals surface area contributed by atoms with Crippen molar-refractivity contribution >= 4 is 11.9 Å². The molecule has 0 radical (unpaired) electrons. The molecular weight excluding hydrogens is 341 g/mol. The minimum Gasteiger partial charge on any atom is -0.496 e. The first-order valence-electron chi connectivity index (χ1n) is 7.63. The van der Waals surface area contributed by atoms with E-state index in [1.165, 1.54) is 21.0 Å². The van der Waals surface area contributed by atoms with E-state index in [4.69, 9.17) is 4.74 Å². The van der Waals surface area contributed by atoms with E-state index in [0.717, 1.165) is 0 Å². The summed E-state index contributed by atoms with van der Waals surface area (Å²) in [7, 11) is 1.38. The lowest BCUT2D eigenvalue weighted by atomic mass is 10.1. The molecule has 0 aliphatic heterocycles. The quantitative estimate of drug-likeness (QED) is 0.547. The number of halogens is 3. The summed E-state index contributed by atoms with van der Waals surface area (Å²) in [6.45, 7) is 2.10. The van der Waals surface area contributed by atoms with Gasteiger partial charge < -0.3 is 14.8 Å². The summed E-state index contributed by atoms with van der Waals surface area (Å²) in [5.41, 5.74) is -2.97. The molecule has 0 spiro atoms. The van der Waals surface area contributed by atoms with Crippen molar-refractivity contribution in [2.75, 3.05) is 13.7 Å². The number of nitrogens with one attached hydrogen (secondary N) is 2. The third kappa shape index (κ3) is 4.85. The number of amides is 1. The number of hydrogen-bond acceptors (Lipinski definition) is 5. The molecule has 1 aromatic carbocycles. The summed E-state index contributed by atoms with van der Waals surface area (Å²) in [6.07, 6.45) is -5.35. The van der Waals surface area contributed by atoms with Crippen LogP contribution < -0.4 is 15.4 Å².